The number of carbonyl (C=O) groups is 1. The second-order valence-electron chi connectivity index (χ2n) is 4.18. The fourth-order valence-electron chi connectivity index (χ4n) is 0.824. The molecule has 0 atom stereocenters. The predicted octanol–water partition coefficient (Wildman–Crippen LogP) is 2.08. The highest BCUT2D eigenvalue weighted by molar-refractivity contribution is 6.69. The van der Waals surface area contributed by atoms with E-state index in [4.69, 9.17) is 4.43 Å². The summed E-state index contributed by atoms with van der Waals surface area (Å²) >= 11 is 0. The lowest BCUT2D eigenvalue weighted by molar-refractivity contribution is -0.421. The van der Waals surface area contributed by atoms with Crippen molar-refractivity contribution in [1.82, 2.24) is 0 Å². The van der Waals surface area contributed by atoms with Crippen LogP contribution in [0.3, 0.4) is 0 Å². The van der Waals surface area contributed by atoms with E-state index in [1.807, 2.05) is 19.6 Å². The molecule has 0 bridgehead atoms. The third-order valence-electron chi connectivity index (χ3n) is 1.56. The molecule has 0 rings (SSSR count). The summed E-state index contributed by atoms with van der Waals surface area (Å²) in [4.78, 5) is 20.7. The number of esters is 1. The second kappa shape index (κ2) is 6.84. The Morgan fingerprint density at radius 3 is 2.41 bits per heavy atom. The van der Waals surface area contributed by atoms with Crippen molar-refractivity contribution >= 4 is 14.3 Å². The first-order valence-corrected chi connectivity index (χ1v) is 8.44. The van der Waals surface area contributed by atoms with Crippen molar-refractivity contribution in [1.29, 1.82) is 0 Å². The van der Waals surface area contributed by atoms with Gasteiger partial charge in [0, 0.05) is 6.08 Å². The van der Waals surface area contributed by atoms with Crippen LogP contribution < -0.4 is 0 Å². The van der Waals surface area contributed by atoms with Crippen LogP contribution in [0.25, 0.3) is 0 Å². The Kier molecular flexibility index (Phi) is 6.19. The van der Waals surface area contributed by atoms with E-state index in [0.29, 0.717) is 0 Å². The van der Waals surface area contributed by atoms with Gasteiger partial charge in [-0.25, -0.2) is 4.79 Å². The molecule has 0 aliphatic heterocycles. The smallest absolute Gasteiger partial charge is 0.409 e. The lowest BCUT2D eigenvalue weighted by Crippen LogP contribution is -2.21. The van der Waals surface area contributed by atoms with Crippen LogP contribution in [0.4, 0.5) is 0 Å². The molecule has 0 saturated carbocycles. The van der Waals surface area contributed by atoms with Gasteiger partial charge in [0.25, 0.3) is 0 Å². The summed E-state index contributed by atoms with van der Waals surface area (Å²) in [5.74, 6) is -0.950. The number of allylic oxidation sites excluding steroid dienone is 2. The number of hydrogen-bond donors (Lipinski definition) is 0. The standard InChI is InChI=1S/C10H17NO5Si/c1-15-10(12)9(11(13)14)7-5-6-8-16-17(2,3)4/h6-8H,5H2,1-4H3. The first-order chi connectivity index (χ1) is 7.78. The van der Waals surface area contributed by atoms with Crippen LogP contribution in [-0.4, -0.2) is 26.3 Å². The molecular formula is C10H17NO5Si. The van der Waals surface area contributed by atoms with Gasteiger partial charge in [-0.2, -0.15) is 0 Å². The Balaban J connectivity index is 4.38. The minimum Gasteiger partial charge on any atom is -0.550 e. The van der Waals surface area contributed by atoms with Gasteiger partial charge in [0.15, 0.2) is 0 Å². The summed E-state index contributed by atoms with van der Waals surface area (Å²) in [6.45, 7) is 6.05. The highest BCUT2D eigenvalue weighted by Gasteiger charge is 2.21. The zero-order chi connectivity index (χ0) is 13.5. The van der Waals surface area contributed by atoms with Crippen LogP contribution in [0, 0.1) is 10.1 Å². The van der Waals surface area contributed by atoms with Gasteiger partial charge in [-0.3, -0.25) is 10.1 Å². The summed E-state index contributed by atoms with van der Waals surface area (Å²) in [5.41, 5.74) is -0.565. The van der Waals surface area contributed by atoms with Gasteiger partial charge in [0.2, 0.25) is 8.32 Å². The van der Waals surface area contributed by atoms with E-state index >= 15 is 0 Å². The van der Waals surface area contributed by atoms with Crippen LogP contribution in [-0.2, 0) is 14.0 Å². The predicted molar refractivity (Wildman–Crippen MR) is 65.3 cm³/mol. The topological polar surface area (TPSA) is 78.7 Å². The maximum absolute atomic E-state index is 11.0. The minimum atomic E-state index is -1.62. The van der Waals surface area contributed by atoms with Crippen molar-refractivity contribution in [2.45, 2.75) is 26.1 Å². The van der Waals surface area contributed by atoms with Gasteiger partial charge >= 0.3 is 11.7 Å². The van der Waals surface area contributed by atoms with E-state index in [1.165, 1.54) is 12.3 Å². The average Bonchev–Trinajstić information content (AvgIpc) is 2.20. The van der Waals surface area contributed by atoms with E-state index in [1.54, 1.807) is 6.08 Å². The summed E-state index contributed by atoms with van der Waals surface area (Å²) in [6, 6.07) is 0. The fraction of sp³-hybridized carbons (Fsp3) is 0.500. The van der Waals surface area contributed by atoms with Crippen molar-refractivity contribution in [3.8, 4) is 0 Å². The SMILES string of the molecule is COC(=O)C(=CCC=CO[Si](C)(C)C)[N+](=O)[O-]. The molecule has 0 fully saturated rings. The molecule has 6 nitrogen and oxygen atoms in total. The molecule has 96 valence electrons. The molecule has 0 unspecified atom stereocenters. The maximum atomic E-state index is 11.0. The Labute approximate surface area is 101 Å². The van der Waals surface area contributed by atoms with Gasteiger partial charge in [0.05, 0.1) is 18.3 Å². The van der Waals surface area contributed by atoms with E-state index in [9.17, 15) is 14.9 Å². The Morgan fingerprint density at radius 2 is 2.00 bits per heavy atom. The molecule has 0 amide bonds. The van der Waals surface area contributed by atoms with Crippen molar-refractivity contribution in [3.63, 3.8) is 0 Å². The minimum absolute atomic E-state index is 0.246. The van der Waals surface area contributed by atoms with Gasteiger partial charge in [-0.1, -0.05) is 0 Å². The van der Waals surface area contributed by atoms with Gasteiger partial charge < -0.3 is 9.16 Å². The fourth-order valence-corrected chi connectivity index (χ4v) is 1.33. The summed E-state index contributed by atoms with van der Waals surface area (Å²) in [5, 5.41) is 10.5. The molecule has 0 heterocycles. The zero-order valence-electron chi connectivity index (χ0n) is 10.4. The highest BCUT2D eigenvalue weighted by Crippen LogP contribution is 2.05. The van der Waals surface area contributed by atoms with Crippen molar-refractivity contribution in [2.75, 3.05) is 7.11 Å². The highest BCUT2D eigenvalue weighted by atomic mass is 28.4. The van der Waals surface area contributed by atoms with Crippen LogP contribution >= 0.6 is 0 Å². The summed E-state index contributed by atoms with van der Waals surface area (Å²) < 4.78 is 9.69. The normalized spacial score (nSPS) is 12.6. The molecule has 0 aromatic heterocycles. The first kappa shape index (κ1) is 15.4. The van der Waals surface area contributed by atoms with E-state index in [2.05, 4.69) is 4.74 Å². The molecule has 0 aromatic rings. The monoisotopic (exact) mass is 259 g/mol. The van der Waals surface area contributed by atoms with Crippen molar-refractivity contribution in [3.05, 3.63) is 34.2 Å². The zero-order valence-corrected chi connectivity index (χ0v) is 11.4. The number of rotatable bonds is 6. The third-order valence-corrected chi connectivity index (χ3v) is 2.40. The van der Waals surface area contributed by atoms with Crippen LogP contribution in [0.5, 0.6) is 0 Å². The quantitative estimate of drug-likeness (QED) is 0.182. The third kappa shape index (κ3) is 7.29. The molecule has 17 heavy (non-hydrogen) atoms. The molecule has 7 heteroatoms. The van der Waals surface area contributed by atoms with E-state index in [-0.39, 0.29) is 6.42 Å². The lowest BCUT2D eigenvalue weighted by Gasteiger charge is -2.14. The van der Waals surface area contributed by atoms with E-state index in [0.717, 1.165) is 7.11 Å². The second-order valence-corrected chi connectivity index (χ2v) is 8.64. The summed E-state index contributed by atoms with van der Waals surface area (Å²) in [7, 11) is -0.517. The van der Waals surface area contributed by atoms with Crippen LogP contribution in [0.1, 0.15) is 6.42 Å². The van der Waals surface area contributed by atoms with Gasteiger partial charge in [-0.15, -0.1) is 0 Å². The van der Waals surface area contributed by atoms with Gasteiger partial charge in [0.1, 0.15) is 0 Å². The molecule has 0 aromatic carbocycles. The van der Waals surface area contributed by atoms with Crippen molar-refractivity contribution < 1.29 is 18.9 Å². The van der Waals surface area contributed by atoms with Crippen LogP contribution in [0.2, 0.25) is 19.6 Å². The van der Waals surface area contributed by atoms with Crippen LogP contribution in [0.15, 0.2) is 24.1 Å². The average molecular weight is 259 g/mol. The number of ether oxygens (including phenoxy) is 1. The number of nitro groups is 1. The molecule has 0 aliphatic rings. The number of hydrogen-bond acceptors (Lipinski definition) is 5. The number of carbonyl (C=O) groups excluding carboxylic acids is 1. The molecule has 0 radical (unpaired) electrons. The molecule has 0 saturated heterocycles. The largest absolute Gasteiger partial charge is 0.550 e. The maximum Gasteiger partial charge on any atom is 0.409 e. The number of nitrogens with zero attached hydrogens (tertiary/aromatic N) is 1. The summed E-state index contributed by atoms with van der Waals surface area (Å²) in [6.07, 6.45) is 4.56. The Bertz CT molecular complexity index is 343. The first-order valence-electron chi connectivity index (χ1n) is 5.03. The Morgan fingerprint density at radius 1 is 1.41 bits per heavy atom. The molecule has 0 N–H and O–H groups in total. The van der Waals surface area contributed by atoms with Crippen molar-refractivity contribution in [2.24, 2.45) is 0 Å². The number of methoxy groups -OCH3 is 1. The molecule has 0 spiro atoms. The van der Waals surface area contributed by atoms with E-state index < -0.39 is 24.9 Å². The lowest BCUT2D eigenvalue weighted by atomic mass is 10.3. The van der Waals surface area contributed by atoms with Gasteiger partial charge in [-0.05, 0) is 32.1 Å². The molecular weight excluding hydrogens is 242 g/mol. The Hall–Kier alpha value is -1.63. The molecule has 0 aliphatic carbocycles.